The minimum absolute atomic E-state index is 0.00211. The van der Waals surface area contributed by atoms with Crippen molar-refractivity contribution in [3.63, 3.8) is 0 Å². The molecule has 31 heavy (non-hydrogen) atoms. The first-order chi connectivity index (χ1) is 14.8. The fraction of sp³-hybridized carbons (Fsp3) is 0.409. The van der Waals surface area contributed by atoms with Gasteiger partial charge in [0, 0.05) is 54.7 Å². The average Bonchev–Trinajstić information content (AvgIpc) is 3.39. The van der Waals surface area contributed by atoms with Crippen LogP contribution in [0.15, 0.2) is 36.0 Å². The van der Waals surface area contributed by atoms with Gasteiger partial charge in [0.25, 0.3) is 5.95 Å². The standard InChI is InChI=1S/C22H26N6O2S/c1-22(2,3)17-13-18(28(26-17)21-23-9-4-10-24-21)25-19(29)5-6-20(30)27-11-7-16-15(14-27)8-12-31-16/h4,8-10,12-13H,5-7,11,14H2,1-3H3,(H,25,29). The number of nitrogens with one attached hydrogen (secondary N) is 1. The Bertz CT molecular complexity index is 1080. The van der Waals surface area contributed by atoms with Crippen molar-refractivity contribution >= 4 is 29.0 Å². The zero-order valence-corrected chi connectivity index (χ0v) is 18.8. The number of carbonyl (C=O) groups excluding carboxylic acids is 2. The van der Waals surface area contributed by atoms with Gasteiger partial charge < -0.3 is 10.2 Å². The summed E-state index contributed by atoms with van der Waals surface area (Å²) in [5, 5.41) is 9.54. The predicted molar refractivity (Wildman–Crippen MR) is 119 cm³/mol. The van der Waals surface area contributed by atoms with E-state index in [0.717, 1.165) is 12.1 Å². The smallest absolute Gasteiger partial charge is 0.252 e. The Labute approximate surface area is 185 Å². The minimum atomic E-state index is -0.237. The molecule has 0 atom stereocenters. The normalized spacial score (nSPS) is 13.7. The van der Waals surface area contributed by atoms with E-state index < -0.39 is 0 Å². The molecule has 3 aromatic heterocycles. The third kappa shape index (κ3) is 4.82. The topological polar surface area (TPSA) is 93.0 Å². The van der Waals surface area contributed by atoms with Crippen LogP contribution in [0.25, 0.3) is 5.95 Å². The maximum atomic E-state index is 12.6. The van der Waals surface area contributed by atoms with Crippen LogP contribution in [0.4, 0.5) is 5.82 Å². The van der Waals surface area contributed by atoms with E-state index in [1.54, 1.807) is 29.8 Å². The number of hydrogen-bond acceptors (Lipinski definition) is 6. The highest BCUT2D eigenvalue weighted by atomic mass is 32.1. The highest BCUT2D eigenvalue weighted by Gasteiger charge is 2.24. The summed E-state index contributed by atoms with van der Waals surface area (Å²) >= 11 is 1.74. The van der Waals surface area contributed by atoms with Crippen molar-refractivity contribution in [2.75, 3.05) is 11.9 Å². The van der Waals surface area contributed by atoms with Gasteiger partial charge in [0.2, 0.25) is 11.8 Å². The molecule has 0 radical (unpaired) electrons. The van der Waals surface area contributed by atoms with Crippen molar-refractivity contribution in [2.24, 2.45) is 0 Å². The summed E-state index contributed by atoms with van der Waals surface area (Å²) in [6.07, 6.45) is 4.42. The van der Waals surface area contributed by atoms with E-state index in [1.165, 1.54) is 15.1 Å². The van der Waals surface area contributed by atoms with Crippen molar-refractivity contribution in [2.45, 2.75) is 52.0 Å². The quantitative estimate of drug-likeness (QED) is 0.660. The highest BCUT2D eigenvalue weighted by Crippen LogP contribution is 2.26. The lowest BCUT2D eigenvalue weighted by Crippen LogP contribution is -2.35. The Morgan fingerprint density at radius 1 is 1.19 bits per heavy atom. The summed E-state index contributed by atoms with van der Waals surface area (Å²) in [7, 11) is 0. The van der Waals surface area contributed by atoms with Gasteiger partial charge in [-0.2, -0.15) is 9.78 Å². The molecule has 2 amide bonds. The maximum Gasteiger partial charge on any atom is 0.252 e. The van der Waals surface area contributed by atoms with Gasteiger partial charge in [0.15, 0.2) is 0 Å². The fourth-order valence-electron chi connectivity index (χ4n) is 3.43. The Hall–Kier alpha value is -3.07. The number of amides is 2. The van der Waals surface area contributed by atoms with Crippen LogP contribution in [-0.4, -0.2) is 43.0 Å². The van der Waals surface area contributed by atoms with Crippen LogP contribution in [0.1, 0.15) is 49.7 Å². The Balaban J connectivity index is 1.41. The molecule has 162 valence electrons. The Morgan fingerprint density at radius 3 is 2.71 bits per heavy atom. The van der Waals surface area contributed by atoms with E-state index in [0.29, 0.717) is 24.9 Å². The number of hydrogen-bond donors (Lipinski definition) is 1. The summed E-state index contributed by atoms with van der Waals surface area (Å²) in [5.41, 5.74) is 1.83. The van der Waals surface area contributed by atoms with Crippen LogP contribution < -0.4 is 5.32 Å². The lowest BCUT2D eigenvalue weighted by molar-refractivity contribution is -0.133. The van der Waals surface area contributed by atoms with Crippen LogP contribution in [0.5, 0.6) is 0 Å². The molecule has 0 aliphatic carbocycles. The first-order valence-electron chi connectivity index (χ1n) is 10.3. The second-order valence-corrected chi connectivity index (χ2v) is 9.61. The molecule has 1 aliphatic rings. The number of fused-ring (bicyclic) bond motifs is 1. The molecular weight excluding hydrogens is 412 g/mol. The molecule has 0 bridgehead atoms. The number of nitrogens with zero attached hydrogens (tertiary/aromatic N) is 5. The first kappa shape index (κ1) is 21.2. The van der Waals surface area contributed by atoms with Crippen molar-refractivity contribution < 1.29 is 9.59 Å². The molecule has 1 N–H and O–H groups in total. The molecule has 0 unspecified atom stereocenters. The van der Waals surface area contributed by atoms with E-state index in [4.69, 9.17) is 0 Å². The molecule has 4 heterocycles. The van der Waals surface area contributed by atoms with Crippen molar-refractivity contribution in [3.05, 3.63) is 52.1 Å². The monoisotopic (exact) mass is 438 g/mol. The van der Waals surface area contributed by atoms with Crippen LogP contribution in [-0.2, 0) is 28.0 Å². The molecule has 4 rings (SSSR count). The average molecular weight is 439 g/mol. The number of rotatable bonds is 5. The van der Waals surface area contributed by atoms with Crippen molar-refractivity contribution in [1.29, 1.82) is 0 Å². The molecule has 0 fully saturated rings. The fourth-order valence-corrected chi connectivity index (χ4v) is 4.32. The molecule has 0 spiro atoms. The summed E-state index contributed by atoms with van der Waals surface area (Å²) in [6.45, 7) is 7.49. The second kappa shape index (κ2) is 8.58. The van der Waals surface area contributed by atoms with E-state index in [2.05, 4.69) is 31.8 Å². The lowest BCUT2D eigenvalue weighted by Gasteiger charge is -2.27. The number of thiophene rings is 1. The number of carbonyl (C=O) groups is 2. The summed E-state index contributed by atoms with van der Waals surface area (Å²) < 4.78 is 1.53. The van der Waals surface area contributed by atoms with E-state index in [1.807, 2.05) is 31.7 Å². The van der Waals surface area contributed by atoms with Gasteiger partial charge in [-0.3, -0.25) is 9.59 Å². The third-order valence-corrected chi connectivity index (χ3v) is 6.24. The Morgan fingerprint density at radius 2 is 1.97 bits per heavy atom. The van der Waals surface area contributed by atoms with Gasteiger partial charge in [-0.15, -0.1) is 11.3 Å². The molecule has 0 aromatic carbocycles. The van der Waals surface area contributed by atoms with Gasteiger partial charge in [-0.1, -0.05) is 20.8 Å². The molecule has 3 aromatic rings. The zero-order chi connectivity index (χ0) is 22.0. The summed E-state index contributed by atoms with van der Waals surface area (Å²) in [5.74, 6) is 0.639. The van der Waals surface area contributed by atoms with Crippen LogP contribution >= 0.6 is 11.3 Å². The zero-order valence-electron chi connectivity index (χ0n) is 18.0. The van der Waals surface area contributed by atoms with E-state index >= 15 is 0 Å². The predicted octanol–water partition coefficient (Wildman–Crippen LogP) is 3.32. The third-order valence-electron chi connectivity index (χ3n) is 5.21. The molecule has 0 saturated heterocycles. The van der Waals surface area contributed by atoms with Gasteiger partial charge >= 0.3 is 0 Å². The molecular formula is C22H26N6O2S. The maximum absolute atomic E-state index is 12.6. The van der Waals surface area contributed by atoms with Gasteiger partial charge in [0.1, 0.15) is 5.82 Å². The Kier molecular flexibility index (Phi) is 5.86. The van der Waals surface area contributed by atoms with Gasteiger partial charge in [-0.25, -0.2) is 9.97 Å². The molecule has 8 nitrogen and oxygen atoms in total. The van der Waals surface area contributed by atoms with Crippen molar-refractivity contribution in [1.82, 2.24) is 24.6 Å². The summed E-state index contributed by atoms with van der Waals surface area (Å²) in [4.78, 5) is 36.9. The highest BCUT2D eigenvalue weighted by molar-refractivity contribution is 7.10. The summed E-state index contributed by atoms with van der Waals surface area (Å²) in [6, 6.07) is 5.63. The first-order valence-corrected chi connectivity index (χ1v) is 11.2. The van der Waals surface area contributed by atoms with Gasteiger partial charge in [0.05, 0.1) is 5.69 Å². The SMILES string of the molecule is CC(C)(C)c1cc(NC(=O)CCC(=O)N2CCc3sccc3C2)n(-c2ncccn2)n1. The van der Waals surface area contributed by atoms with E-state index in [-0.39, 0.29) is 30.1 Å². The van der Waals surface area contributed by atoms with E-state index in [9.17, 15) is 9.59 Å². The van der Waals surface area contributed by atoms with Crippen LogP contribution in [0.2, 0.25) is 0 Å². The number of aromatic nitrogens is 4. The minimum Gasteiger partial charge on any atom is -0.338 e. The van der Waals surface area contributed by atoms with Crippen LogP contribution in [0, 0.1) is 0 Å². The van der Waals surface area contributed by atoms with Crippen LogP contribution in [0.3, 0.4) is 0 Å². The van der Waals surface area contributed by atoms with Gasteiger partial charge in [-0.05, 0) is 29.5 Å². The molecule has 9 heteroatoms. The molecule has 0 saturated carbocycles. The number of anilines is 1. The lowest BCUT2D eigenvalue weighted by atomic mass is 9.92. The molecule has 1 aliphatic heterocycles. The largest absolute Gasteiger partial charge is 0.338 e. The second-order valence-electron chi connectivity index (χ2n) is 8.61. The van der Waals surface area contributed by atoms with Crippen molar-refractivity contribution in [3.8, 4) is 5.95 Å².